The SMILES string of the molecule is Cc1nn(-c2ccc(C(F)(F)F)cn2)c(C)c1CC(=O)N1CCCCC1CN. The standard InChI is InChI=1S/C19H24F3N5O/c1-12-16(9-18(28)26-8-4-3-5-15(26)10-23)13(2)27(25-12)17-7-6-14(11-24-17)19(20,21)22/h6-7,11,15H,3-5,8-10,23H2,1-2H3. The number of aromatic nitrogens is 3. The van der Waals surface area contributed by atoms with E-state index in [1.807, 2.05) is 4.90 Å². The minimum absolute atomic E-state index is 0.00118. The van der Waals surface area contributed by atoms with Crippen LogP contribution in [-0.4, -0.2) is 44.7 Å². The highest BCUT2D eigenvalue weighted by molar-refractivity contribution is 5.79. The Balaban J connectivity index is 1.83. The molecular formula is C19H24F3N5O. The normalized spacial score (nSPS) is 17.8. The first-order valence-corrected chi connectivity index (χ1v) is 9.30. The van der Waals surface area contributed by atoms with Gasteiger partial charge in [-0.15, -0.1) is 0 Å². The monoisotopic (exact) mass is 395 g/mol. The summed E-state index contributed by atoms with van der Waals surface area (Å²) in [5.41, 5.74) is 7.12. The van der Waals surface area contributed by atoms with Gasteiger partial charge in [0, 0.05) is 36.6 Å². The van der Waals surface area contributed by atoms with Crippen LogP contribution in [0.3, 0.4) is 0 Å². The first-order chi connectivity index (χ1) is 13.2. The molecule has 2 aromatic rings. The lowest BCUT2D eigenvalue weighted by molar-refractivity contribution is -0.138. The molecule has 0 aromatic carbocycles. The number of amides is 1. The van der Waals surface area contributed by atoms with Gasteiger partial charge < -0.3 is 10.6 Å². The average molecular weight is 395 g/mol. The molecule has 28 heavy (non-hydrogen) atoms. The molecule has 1 unspecified atom stereocenters. The molecule has 9 heteroatoms. The number of rotatable bonds is 4. The zero-order valence-corrected chi connectivity index (χ0v) is 16.0. The van der Waals surface area contributed by atoms with E-state index in [0.717, 1.165) is 37.1 Å². The molecule has 1 aliphatic heterocycles. The maximum atomic E-state index is 12.8. The molecule has 0 aliphatic carbocycles. The summed E-state index contributed by atoms with van der Waals surface area (Å²) < 4.78 is 39.7. The van der Waals surface area contributed by atoms with Crippen LogP contribution < -0.4 is 5.73 Å². The number of likely N-dealkylation sites (tertiary alicyclic amines) is 1. The highest BCUT2D eigenvalue weighted by Gasteiger charge is 2.31. The molecule has 6 nitrogen and oxygen atoms in total. The molecule has 2 aromatic heterocycles. The van der Waals surface area contributed by atoms with Gasteiger partial charge in [-0.1, -0.05) is 0 Å². The molecule has 1 aliphatic rings. The van der Waals surface area contributed by atoms with Crippen molar-refractivity contribution >= 4 is 5.91 Å². The smallest absolute Gasteiger partial charge is 0.338 e. The van der Waals surface area contributed by atoms with Crippen LogP contribution in [0, 0.1) is 13.8 Å². The van der Waals surface area contributed by atoms with Crippen molar-refractivity contribution in [2.75, 3.05) is 13.1 Å². The molecule has 3 rings (SSSR count). The summed E-state index contributed by atoms with van der Waals surface area (Å²) in [6, 6.07) is 2.32. The minimum Gasteiger partial charge on any atom is -0.338 e. The van der Waals surface area contributed by atoms with Crippen molar-refractivity contribution in [2.45, 2.75) is 51.7 Å². The van der Waals surface area contributed by atoms with Crippen LogP contribution in [0.4, 0.5) is 13.2 Å². The molecule has 1 saturated heterocycles. The van der Waals surface area contributed by atoms with Gasteiger partial charge in [0.25, 0.3) is 0 Å². The van der Waals surface area contributed by atoms with Gasteiger partial charge in [0.05, 0.1) is 17.7 Å². The Bertz CT molecular complexity index is 844. The van der Waals surface area contributed by atoms with E-state index in [1.165, 1.54) is 10.7 Å². The Morgan fingerprint density at radius 3 is 2.64 bits per heavy atom. The zero-order chi connectivity index (χ0) is 20.5. The Morgan fingerprint density at radius 2 is 2.04 bits per heavy atom. The van der Waals surface area contributed by atoms with E-state index in [-0.39, 0.29) is 24.2 Å². The fraction of sp³-hybridized carbons (Fsp3) is 0.526. The van der Waals surface area contributed by atoms with Crippen molar-refractivity contribution in [2.24, 2.45) is 5.73 Å². The van der Waals surface area contributed by atoms with Crippen LogP contribution in [0.5, 0.6) is 0 Å². The van der Waals surface area contributed by atoms with E-state index in [4.69, 9.17) is 5.73 Å². The topological polar surface area (TPSA) is 77.0 Å². The van der Waals surface area contributed by atoms with Crippen LogP contribution in [0.2, 0.25) is 0 Å². The average Bonchev–Trinajstić information content (AvgIpc) is 2.95. The first-order valence-electron chi connectivity index (χ1n) is 9.30. The Kier molecular flexibility index (Phi) is 5.74. The number of carbonyl (C=O) groups is 1. The predicted molar refractivity (Wildman–Crippen MR) is 97.9 cm³/mol. The molecule has 0 spiro atoms. The van der Waals surface area contributed by atoms with E-state index < -0.39 is 11.7 Å². The number of nitrogens with zero attached hydrogens (tertiary/aromatic N) is 4. The maximum absolute atomic E-state index is 12.8. The van der Waals surface area contributed by atoms with Gasteiger partial charge in [0.2, 0.25) is 5.91 Å². The quantitative estimate of drug-likeness (QED) is 0.864. The van der Waals surface area contributed by atoms with E-state index in [0.29, 0.717) is 24.5 Å². The van der Waals surface area contributed by atoms with Gasteiger partial charge in [0.15, 0.2) is 5.82 Å². The molecule has 1 atom stereocenters. The molecular weight excluding hydrogens is 371 g/mol. The van der Waals surface area contributed by atoms with Gasteiger partial charge in [-0.2, -0.15) is 18.3 Å². The van der Waals surface area contributed by atoms with E-state index >= 15 is 0 Å². The lowest BCUT2D eigenvalue weighted by Crippen LogP contribution is -2.48. The summed E-state index contributed by atoms with van der Waals surface area (Å²) in [7, 11) is 0. The van der Waals surface area contributed by atoms with Gasteiger partial charge >= 0.3 is 6.18 Å². The number of alkyl halides is 3. The summed E-state index contributed by atoms with van der Waals surface area (Å²) in [4.78, 5) is 18.6. The van der Waals surface area contributed by atoms with Crippen LogP contribution >= 0.6 is 0 Å². The second-order valence-electron chi connectivity index (χ2n) is 7.11. The molecule has 1 fully saturated rings. The number of hydrogen-bond acceptors (Lipinski definition) is 4. The maximum Gasteiger partial charge on any atom is 0.417 e. The van der Waals surface area contributed by atoms with Gasteiger partial charge in [-0.3, -0.25) is 4.79 Å². The number of halogens is 3. The number of nitrogens with two attached hydrogens (primary N) is 1. The van der Waals surface area contributed by atoms with E-state index in [1.54, 1.807) is 13.8 Å². The third kappa shape index (κ3) is 4.04. The summed E-state index contributed by atoms with van der Waals surface area (Å²) in [6.07, 6.45) is -0.512. The predicted octanol–water partition coefficient (Wildman–Crippen LogP) is 2.79. The molecule has 0 radical (unpaired) electrons. The highest BCUT2D eigenvalue weighted by atomic mass is 19.4. The molecule has 3 heterocycles. The van der Waals surface area contributed by atoms with Crippen molar-refractivity contribution < 1.29 is 18.0 Å². The fourth-order valence-electron chi connectivity index (χ4n) is 3.66. The highest BCUT2D eigenvalue weighted by Crippen LogP contribution is 2.29. The van der Waals surface area contributed by atoms with Crippen LogP contribution in [0.25, 0.3) is 5.82 Å². The number of pyridine rings is 1. The summed E-state index contributed by atoms with van der Waals surface area (Å²) >= 11 is 0. The van der Waals surface area contributed by atoms with Crippen molar-refractivity contribution in [3.05, 3.63) is 40.8 Å². The first kappa shape index (κ1) is 20.3. The van der Waals surface area contributed by atoms with Crippen molar-refractivity contribution in [3.63, 3.8) is 0 Å². The summed E-state index contributed by atoms with van der Waals surface area (Å²) in [6.45, 7) is 4.72. The fourth-order valence-corrected chi connectivity index (χ4v) is 3.66. The Morgan fingerprint density at radius 1 is 1.29 bits per heavy atom. The second kappa shape index (κ2) is 7.90. The molecule has 0 saturated carbocycles. The molecule has 0 bridgehead atoms. The summed E-state index contributed by atoms with van der Waals surface area (Å²) in [5, 5.41) is 4.39. The van der Waals surface area contributed by atoms with Crippen LogP contribution in [0.15, 0.2) is 18.3 Å². The Labute approximate surface area is 161 Å². The number of hydrogen-bond donors (Lipinski definition) is 1. The number of piperidine rings is 1. The van der Waals surface area contributed by atoms with Crippen LogP contribution in [0.1, 0.15) is 41.8 Å². The van der Waals surface area contributed by atoms with Gasteiger partial charge in [0.1, 0.15) is 0 Å². The minimum atomic E-state index is -4.44. The van der Waals surface area contributed by atoms with Gasteiger partial charge in [-0.25, -0.2) is 9.67 Å². The number of carbonyl (C=O) groups excluding carboxylic acids is 1. The van der Waals surface area contributed by atoms with Gasteiger partial charge in [-0.05, 0) is 45.2 Å². The molecule has 152 valence electrons. The van der Waals surface area contributed by atoms with Crippen molar-refractivity contribution in [1.82, 2.24) is 19.7 Å². The number of aryl methyl sites for hydroxylation is 1. The van der Waals surface area contributed by atoms with Crippen LogP contribution in [-0.2, 0) is 17.4 Å². The Hall–Kier alpha value is -2.42. The largest absolute Gasteiger partial charge is 0.417 e. The van der Waals surface area contributed by atoms with Crippen molar-refractivity contribution in [1.29, 1.82) is 0 Å². The molecule has 2 N–H and O–H groups in total. The van der Waals surface area contributed by atoms with E-state index in [2.05, 4.69) is 10.1 Å². The zero-order valence-electron chi connectivity index (χ0n) is 16.0. The third-order valence-corrected chi connectivity index (χ3v) is 5.28. The second-order valence-corrected chi connectivity index (χ2v) is 7.11. The summed E-state index contributed by atoms with van der Waals surface area (Å²) in [5.74, 6) is 0.284. The third-order valence-electron chi connectivity index (χ3n) is 5.28. The van der Waals surface area contributed by atoms with E-state index in [9.17, 15) is 18.0 Å². The lowest BCUT2D eigenvalue weighted by Gasteiger charge is -2.35. The lowest BCUT2D eigenvalue weighted by atomic mass is 10.0. The van der Waals surface area contributed by atoms with Crippen molar-refractivity contribution in [3.8, 4) is 5.82 Å². The molecule has 1 amide bonds.